The average Bonchev–Trinajstić information content (AvgIpc) is 3.18. The summed E-state index contributed by atoms with van der Waals surface area (Å²) in [6.07, 6.45) is 0. The van der Waals surface area contributed by atoms with Crippen LogP contribution in [0.2, 0.25) is 0 Å². The third kappa shape index (κ3) is 3.97. The van der Waals surface area contributed by atoms with Crippen LogP contribution < -0.4 is 10.5 Å². The van der Waals surface area contributed by atoms with Crippen LogP contribution in [-0.4, -0.2) is 16.8 Å². The zero-order valence-corrected chi connectivity index (χ0v) is 18.6. The topological polar surface area (TPSA) is 58.2 Å². The van der Waals surface area contributed by atoms with Gasteiger partial charge in [0, 0.05) is 10.9 Å². The summed E-state index contributed by atoms with van der Waals surface area (Å²) in [4.78, 5) is 14.2. The molecule has 5 rings (SSSR count). The van der Waals surface area contributed by atoms with Crippen molar-refractivity contribution in [2.45, 2.75) is 13.8 Å². The Bertz CT molecular complexity index is 1420. The minimum Gasteiger partial charge on any atom is -0.436 e. The summed E-state index contributed by atoms with van der Waals surface area (Å²) >= 11 is 1.38. The number of amides is 1. The smallest absolute Gasteiger partial charge is 0.246 e. The molecule has 1 aliphatic heterocycles. The Balaban J connectivity index is 1.65. The van der Waals surface area contributed by atoms with Gasteiger partial charge in [-0.3, -0.25) is 9.69 Å². The van der Waals surface area contributed by atoms with Crippen LogP contribution in [0.4, 0.5) is 5.69 Å². The Kier molecular flexibility index (Phi) is 5.37. The molecule has 1 fully saturated rings. The molecular formula is C26H21N3O2S. The van der Waals surface area contributed by atoms with Crippen LogP contribution >= 0.6 is 11.8 Å². The van der Waals surface area contributed by atoms with E-state index >= 15 is 0 Å². The Morgan fingerprint density at radius 1 is 0.875 bits per heavy atom. The van der Waals surface area contributed by atoms with Crippen molar-refractivity contribution in [3.63, 3.8) is 0 Å². The molecule has 0 radical (unpaired) electrons. The van der Waals surface area contributed by atoms with Crippen molar-refractivity contribution in [2.24, 2.45) is 10.2 Å². The number of aryl methyl sites for hydroxylation is 2. The van der Waals surface area contributed by atoms with Crippen LogP contribution in [-0.2, 0) is 4.79 Å². The van der Waals surface area contributed by atoms with Gasteiger partial charge in [0.2, 0.25) is 11.5 Å². The van der Waals surface area contributed by atoms with E-state index in [1.165, 1.54) is 17.3 Å². The first-order valence-electron chi connectivity index (χ1n) is 10.3. The van der Waals surface area contributed by atoms with Crippen LogP contribution in [0.1, 0.15) is 11.1 Å². The molecule has 2 heterocycles. The van der Waals surface area contributed by atoms with Crippen LogP contribution in [0.3, 0.4) is 0 Å². The van der Waals surface area contributed by atoms with Gasteiger partial charge in [-0.1, -0.05) is 71.9 Å². The highest BCUT2D eigenvalue weighted by atomic mass is 32.2. The van der Waals surface area contributed by atoms with Gasteiger partial charge < -0.3 is 4.42 Å². The van der Waals surface area contributed by atoms with E-state index in [0.29, 0.717) is 16.5 Å². The van der Waals surface area contributed by atoms with Crippen LogP contribution in [0.5, 0.6) is 0 Å². The fourth-order valence-corrected chi connectivity index (χ4v) is 4.45. The first-order chi connectivity index (χ1) is 15.6. The van der Waals surface area contributed by atoms with E-state index in [2.05, 4.69) is 35.3 Å². The molecule has 0 N–H and O–H groups in total. The lowest BCUT2D eigenvalue weighted by molar-refractivity contribution is -0.115. The molecule has 1 amide bonds. The number of carbonyl (C=O) groups excluding carboxylic acids is 1. The summed E-state index contributed by atoms with van der Waals surface area (Å²) in [7, 11) is 0. The second kappa shape index (κ2) is 8.48. The highest BCUT2D eigenvalue weighted by Gasteiger charge is 2.30. The number of benzene rings is 3. The van der Waals surface area contributed by atoms with Crippen LogP contribution in [0.25, 0.3) is 22.1 Å². The van der Waals surface area contributed by atoms with E-state index in [0.717, 1.165) is 33.3 Å². The van der Waals surface area contributed by atoms with E-state index in [1.807, 2.05) is 67.6 Å². The van der Waals surface area contributed by atoms with Gasteiger partial charge in [0.25, 0.3) is 0 Å². The van der Waals surface area contributed by atoms with Crippen molar-refractivity contribution < 1.29 is 9.21 Å². The molecule has 32 heavy (non-hydrogen) atoms. The van der Waals surface area contributed by atoms with Gasteiger partial charge in [0.05, 0.1) is 11.4 Å². The normalized spacial score (nSPS) is 15.8. The minimum absolute atomic E-state index is 0.0104. The zero-order valence-electron chi connectivity index (χ0n) is 17.8. The predicted octanol–water partition coefficient (Wildman–Crippen LogP) is 5.67. The van der Waals surface area contributed by atoms with E-state index in [9.17, 15) is 4.79 Å². The Labute approximate surface area is 190 Å². The van der Waals surface area contributed by atoms with Crippen LogP contribution in [0.15, 0.2) is 93.5 Å². The van der Waals surface area contributed by atoms with Crippen molar-refractivity contribution in [2.75, 3.05) is 10.7 Å². The maximum atomic E-state index is 12.6. The number of fused-ring (bicyclic) bond motifs is 1. The van der Waals surface area contributed by atoms with Crippen molar-refractivity contribution in [3.8, 4) is 11.1 Å². The summed E-state index contributed by atoms with van der Waals surface area (Å²) in [6.45, 7) is 4.06. The Morgan fingerprint density at radius 2 is 1.69 bits per heavy atom. The molecule has 0 atom stereocenters. The molecule has 158 valence electrons. The third-order valence-electron chi connectivity index (χ3n) is 5.27. The summed E-state index contributed by atoms with van der Waals surface area (Å²) in [5, 5.41) is 10.5. The van der Waals surface area contributed by atoms with E-state index in [4.69, 9.17) is 4.42 Å². The molecule has 0 aliphatic carbocycles. The van der Waals surface area contributed by atoms with E-state index < -0.39 is 0 Å². The highest BCUT2D eigenvalue weighted by Crippen LogP contribution is 2.27. The molecule has 1 aliphatic rings. The maximum Gasteiger partial charge on any atom is 0.246 e. The minimum atomic E-state index is -0.0104. The fraction of sp³-hybridized carbons (Fsp3) is 0.115. The summed E-state index contributed by atoms with van der Waals surface area (Å²) in [6, 6.07) is 25.9. The van der Waals surface area contributed by atoms with Gasteiger partial charge in [-0.15, -0.1) is 10.2 Å². The number of hydrogen-bond acceptors (Lipinski definition) is 5. The van der Waals surface area contributed by atoms with Gasteiger partial charge in [-0.25, -0.2) is 0 Å². The molecule has 3 aromatic carbocycles. The standard InChI is InChI=1S/C26H21N3O2S/c1-17-10-12-19(13-11-17)22-15-20-7-3-4-9-23(20)31-25(22)27-28-26-29(24(30)16-32-26)21-8-5-6-18(2)14-21/h3-15H,16H2,1-2H3/b27-25+,28-26+. The fourth-order valence-electron chi connectivity index (χ4n) is 3.63. The molecule has 1 saturated heterocycles. The maximum absolute atomic E-state index is 12.6. The summed E-state index contributed by atoms with van der Waals surface area (Å²) < 4.78 is 6.14. The number of thioether (sulfide) groups is 1. The third-order valence-corrected chi connectivity index (χ3v) is 6.18. The van der Waals surface area contributed by atoms with Crippen molar-refractivity contribution >= 4 is 39.5 Å². The largest absolute Gasteiger partial charge is 0.436 e. The lowest BCUT2D eigenvalue weighted by Gasteiger charge is -2.15. The van der Waals surface area contributed by atoms with Gasteiger partial charge in [-0.2, -0.15) is 0 Å². The van der Waals surface area contributed by atoms with Crippen LogP contribution in [0, 0.1) is 13.8 Å². The second-order valence-corrected chi connectivity index (χ2v) is 8.65. The Morgan fingerprint density at radius 3 is 2.50 bits per heavy atom. The van der Waals surface area contributed by atoms with Gasteiger partial charge >= 0.3 is 0 Å². The second-order valence-electron chi connectivity index (χ2n) is 7.71. The summed E-state index contributed by atoms with van der Waals surface area (Å²) in [5.41, 5.74) is 6.04. The van der Waals surface area contributed by atoms with Crippen molar-refractivity contribution in [1.82, 2.24) is 0 Å². The molecule has 0 spiro atoms. The number of para-hydroxylation sites is 1. The lowest BCUT2D eigenvalue weighted by Crippen LogP contribution is -2.29. The number of anilines is 1. The molecule has 0 saturated carbocycles. The first kappa shape index (κ1) is 20.3. The van der Waals surface area contributed by atoms with Gasteiger partial charge in [0.1, 0.15) is 5.58 Å². The molecule has 0 unspecified atom stereocenters. The number of carbonyl (C=O) groups is 1. The highest BCUT2D eigenvalue weighted by molar-refractivity contribution is 8.15. The lowest BCUT2D eigenvalue weighted by atomic mass is 10.0. The SMILES string of the molecule is Cc1ccc(-c2cc3ccccc3o/c2=N/N=C2/SCC(=O)N2c2cccc(C)c2)cc1. The number of nitrogens with zero attached hydrogens (tertiary/aromatic N) is 3. The van der Waals surface area contributed by atoms with Gasteiger partial charge in [0.15, 0.2) is 5.17 Å². The molecule has 1 aromatic heterocycles. The molecule has 5 nitrogen and oxygen atoms in total. The van der Waals surface area contributed by atoms with E-state index in [-0.39, 0.29) is 5.91 Å². The number of amidine groups is 1. The monoisotopic (exact) mass is 439 g/mol. The molecule has 6 heteroatoms. The summed E-state index contributed by atoms with van der Waals surface area (Å²) in [5.74, 6) is 0.325. The molecule has 4 aromatic rings. The number of rotatable bonds is 3. The van der Waals surface area contributed by atoms with Crippen molar-refractivity contribution in [1.29, 1.82) is 0 Å². The number of hydrogen-bond donors (Lipinski definition) is 0. The quantitative estimate of drug-likeness (QED) is 0.387. The molecular weight excluding hydrogens is 418 g/mol. The van der Waals surface area contributed by atoms with E-state index in [1.54, 1.807) is 4.90 Å². The Hall–Kier alpha value is -3.64. The average molecular weight is 440 g/mol. The van der Waals surface area contributed by atoms with Crippen molar-refractivity contribution in [3.05, 3.63) is 95.5 Å². The van der Waals surface area contributed by atoms with Gasteiger partial charge in [-0.05, 0) is 49.2 Å². The predicted molar refractivity (Wildman–Crippen MR) is 131 cm³/mol. The molecule has 0 bridgehead atoms. The zero-order chi connectivity index (χ0) is 22.1. The first-order valence-corrected chi connectivity index (χ1v) is 11.3.